The number of aromatic nitrogens is 4. The number of nitrogens with zero attached hydrogens (tertiary/aromatic N) is 3. The van der Waals surface area contributed by atoms with Gasteiger partial charge in [-0.2, -0.15) is 0 Å². The number of hydrogen-bond donors (Lipinski definition) is 1. The van der Waals surface area contributed by atoms with E-state index in [-0.39, 0.29) is 11.0 Å². The maximum absolute atomic E-state index is 13.3. The molecular formula is C22H22N4O2S. The Labute approximate surface area is 172 Å². The maximum atomic E-state index is 13.3. The third-order valence-corrected chi connectivity index (χ3v) is 6.45. The van der Waals surface area contributed by atoms with Crippen molar-refractivity contribution in [2.24, 2.45) is 0 Å². The van der Waals surface area contributed by atoms with Crippen LogP contribution in [-0.2, 0) is 6.54 Å². The maximum Gasteiger partial charge on any atom is 0.192 e. The Bertz CT molecular complexity index is 1170. The third-order valence-electron chi connectivity index (χ3n) is 5.37. The molecule has 1 aromatic carbocycles. The number of benzene rings is 1. The van der Waals surface area contributed by atoms with Crippen molar-refractivity contribution in [3.8, 4) is 0 Å². The van der Waals surface area contributed by atoms with Crippen molar-refractivity contribution in [3.05, 3.63) is 65.5 Å². The van der Waals surface area contributed by atoms with Gasteiger partial charge in [0.1, 0.15) is 11.6 Å². The van der Waals surface area contributed by atoms with E-state index in [2.05, 4.69) is 19.7 Å². The Kier molecular flexibility index (Phi) is 4.54. The summed E-state index contributed by atoms with van der Waals surface area (Å²) in [5.41, 5.74) is 2.65. The molecule has 3 heterocycles. The molecule has 0 radical (unpaired) electrons. The fourth-order valence-electron chi connectivity index (χ4n) is 3.75. The van der Waals surface area contributed by atoms with E-state index in [1.54, 1.807) is 6.26 Å². The number of fused-ring (bicyclic) bond motifs is 1. The summed E-state index contributed by atoms with van der Waals surface area (Å²) < 4.78 is 7.64. The van der Waals surface area contributed by atoms with Crippen molar-refractivity contribution in [2.45, 2.75) is 49.6 Å². The number of furan rings is 1. The minimum Gasteiger partial charge on any atom is -0.467 e. The lowest BCUT2D eigenvalue weighted by molar-refractivity contribution is 0.0995. The number of rotatable bonds is 7. The highest BCUT2D eigenvalue weighted by Crippen LogP contribution is 2.41. The van der Waals surface area contributed by atoms with Crippen LogP contribution in [0.5, 0.6) is 0 Å². The number of thioether (sulfide) groups is 1. The lowest BCUT2D eigenvalue weighted by atomic mass is 10.1. The van der Waals surface area contributed by atoms with Gasteiger partial charge in [-0.1, -0.05) is 30.0 Å². The summed E-state index contributed by atoms with van der Waals surface area (Å²) in [6.07, 6.45) is 3.96. The molecule has 0 bridgehead atoms. The van der Waals surface area contributed by atoms with Crippen LogP contribution in [0.2, 0.25) is 0 Å². The highest BCUT2D eigenvalue weighted by molar-refractivity contribution is 8.00. The van der Waals surface area contributed by atoms with Crippen LogP contribution in [0, 0.1) is 6.92 Å². The van der Waals surface area contributed by atoms with Gasteiger partial charge in [-0.25, -0.2) is 0 Å². The Morgan fingerprint density at radius 1 is 1.28 bits per heavy atom. The van der Waals surface area contributed by atoms with Crippen molar-refractivity contribution >= 4 is 28.4 Å². The van der Waals surface area contributed by atoms with Crippen LogP contribution >= 0.6 is 11.8 Å². The van der Waals surface area contributed by atoms with E-state index >= 15 is 0 Å². The van der Waals surface area contributed by atoms with Gasteiger partial charge < -0.3 is 9.40 Å². The Balaban J connectivity index is 1.44. The molecule has 148 valence electrons. The first-order valence-corrected chi connectivity index (χ1v) is 10.7. The first kappa shape index (κ1) is 18.2. The van der Waals surface area contributed by atoms with Gasteiger partial charge in [0, 0.05) is 28.1 Å². The average Bonchev–Trinajstić information content (AvgIpc) is 3.13. The van der Waals surface area contributed by atoms with Crippen LogP contribution in [0.3, 0.4) is 0 Å². The van der Waals surface area contributed by atoms with Crippen LogP contribution < -0.4 is 0 Å². The lowest BCUT2D eigenvalue weighted by Gasteiger charge is -2.12. The Morgan fingerprint density at radius 2 is 2.10 bits per heavy atom. The van der Waals surface area contributed by atoms with Crippen LogP contribution in [0.1, 0.15) is 53.3 Å². The van der Waals surface area contributed by atoms with Gasteiger partial charge in [0.05, 0.1) is 18.1 Å². The second-order valence-electron chi connectivity index (χ2n) is 7.58. The molecule has 1 aliphatic carbocycles. The van der Waals surface area contributed by atoms with Crippen LogP contribution in [0.15, 0.2) is 52.2 Å². The van der Waals surface area contributed by atoms with E-state index in [0.717, 1.165) is 51.7 Å². The number of para-hydroxylation sites is 1. The molecule has 7 heteroatoms. The molecule has 1 fully saturated rings. The molecule has 1 saturated carbocycles. The van der Waals surface area contributed by atoms with E-state index < -0.39 is 0 Å². The fourth-order valence-corrected chi connectivity index (χ4v) is 4.66. The quantitative estimate of drug-likeness (QED) is 0.347. The monoisotopic (exact) mass is 406 g/mol. The molecule has 0 saturated heterocycles. The number of carbonyl (C=O) groups is 1. The van der Waals surface area contributed by atoms with Crippen LogP contribution in [0.4, 0.5) is 0 Å². The molecule has 29 heavy (non-hydrogen) atoms. The zero-order valence-electron chi connectivity index (χ0n) is 16.4. The summed E-state index contributed by atoms with van der Waals surface area (Å²) in [5, 5.41) is 10.3. The number of H-pyrrole nitrogens is 1. The summed E-state index contributed by atoms with van der Waals surface area (Å²) in [5.74, 6) is 2.42. The predicted molar refractivity (Wildman–Crippen MR) is 112 cm³/mol. The first-order chi connectivity index (χ1) is 14.1. The van der Waals surface area contributed by atoms with E-state index in [1.807, 2.05) is 50.2 Å². The summed E-state index contributed by atoms with van der Waals surface area (Å²) in [4.78, 5) is 16.6. The second kappa shape index (κ2) is 7.22. The number of nitrogens with one attached hydrogen (secondary N) is 1. The molecule has 0 amide bonds. The standard InChI is InChI=1S/C22H22N4O2S/c1-13-19(17-7-3-4-8-18(17)23-13)20(27)14(2)29-22-25-24-21(15-9-10-15)26(22)12-16-6-5-11-28-16/h3-8,11,14-15,23H,9-10,12H2,1-2H3. The summed E-state index contributed by atoms with van der Waals surface area (Å²) >= 11 is 1.47. The van der Waals surface area contributed by atoms with E-state index in [1.165, 1.54) is 11.8 Å². The number of ketones is 1. The number of aryl methyl sites for hydroxylation is 1. The normalized spacial score (nSPS) is 15.1. The third kappa shape index (κ3) is 3.40. The van der Waals surface area contributed by atoms with Crippen LogP contribution in [0.25, 0.3) is 10.9 Å². The zero-order valence-corrected chi connectivity index (χ0v) is 17.2. The molecule has 5 rings (SSSR count). The molecule has 0 spiro atoms. The van der Waals surface area contributed by atoms with Crippen molar-refractivity contribution in [1.29, 1.82) is 0 Å². The van der Waals surface area contributed by atoms with Gasteiger partial charge in [-0.05, 0) is 44.9 Å². The van der Waals surface area contributed by atoms with Crippen molar-refractivity contribution in [2.75, 3.05) is 0 Å². The highest BCUT2D eigenvalue weighted by Gasteiger charge is 2.32. The smallest absolute Gasteiger partial charge is 0.192 e. The Hall–Kier alpha value is -2.80. The van der Waals surface area contributed by atoms with Crippen LogP contribution in [-0.4, -0.2) is 30.8 Å². The van der Waals surface area contributed by atoms with E-state index in [0.29, 0.717) is 12.5 Å². The molecule has 4 aromatic rings. The molecule has 6 nitrogen and oxygen atoms in total. The molecule has 1 aliphatic rings. The minimum absolute atomic E-state index is 0.102. The zero-order chi connectivity index (χ0) is 20.0. The molecule has 1 N–H and O–H groups in total. The summed E-state index contributed by atoms with van der Waals surface area (Å²) in [6, 6.07) is 11.8. The first-order valence-electron chi connectivity index (χ1n) is 9.85. The largest absolute Gasteiger partial charge is 0.467 e. The average molecular weight is 407 g/mol. The predicted octanol–water partition coefficient (Wildman–Crippen LogP) is 4.95. The second-order valence-corrected chi connectivity index (χ2v) is 8.88. The van der Waals surface area contributed by atoms with E-state index in [4.69, 9.17) is 4.42 Å². The van der Waals surface area contributed by atoms with E-state index in [9.17, 15) is 4.79 Å². The van der Waals surface area contributed by atoms with Gasteiger partial charge in [-0.15, -0.1) is 10.2 Å². The summed E-state index contributed by atoms with van der Waals surface area (Å²) in [7, 11) is 0. The number of carbonyl (C=O) groups excluding carboxylic acids is 1. The van der Waals surface area contributed by atoms with Crippen molar-refractivity contribution < 1.29 is 9.21 Å². The minimum atomic E-state index is -0.278. The van der Waals surface area contributed by atoms with Crippen molar-refractivity contribution in [1.82, 2.24) is 19.7 Å². The van der Waals surface area contributed by atoms with Gasteiger partial charge in [-0.3, -0.25) is 9.36 Å². The molecule has 0 aliphatic heterocycles. The fraction of sp³-hybridized carbons (Fsp3) is 0.318. The van der Waals surface area contributed by atoms with Gasteiger partial charge in [0.2, 0.25) is 0 Å². The van der Waals surface area contributed by atoms with Gasteiger partial charge in [0.15, 0.2) is 10.9 Å². The summed E-state index contributed by atoms with van der Waals surface area (Å²) in [6.45, 7) is 4.48. The molecule has 1 atom stereocenters. The van der Waals surface area contributed by atoms with Gasteiger partial charge in [0.25, 0.3) is 0 Å². The molecule has 3 aromatic heterocycles. The SMILES string of the molecule is Cc1[nH]c2ccccc2c1C(=O)C(C)Sc1nnc(C2CC2)n1Cc1ccco1. The van der Waals surface area contributed by atoms with Gasteiger partial charge >= 0.3 is 0 Å². The number of hydrogen-bond acceptors (Lipinski definition) is 5. The highest BCUT2D eigenvalue weighted by atomic mass is 32.2. The molecular weight excluding hydrogens is 384 g/mol. The molecule has 1 unspecified atom stereocenters. The number of Topliss-reactive ketones (excluding diaryl/α,β-unsaturated/α-hetero) is 1. The lowest BCUT2D eigenvalue weighted by Crippen LogP contribution is -2.16. The topological polar surface area (TPSA) is 76.7 Å². The number of aromatic amines is 1. The van der Waals surface area contributed by atoms with Crippen molar-refractivity contribution in [3.63, 3.8) is 0 Å². The Morgan fingerprint density at radius 3 is 2.86 bits per heavy atom.